The molecule has 0 aliphatic carbocycles. The zero-order valence-electron chi connectivity index (χ0n) is 11.9. The monoisotopic (exact) mass is 332 g/mol. The lowest BCUT2D eigenvalue weighted by Crippen LogP contribution is -2.33. The number of aliphatic hydroxyl groups is 1. The Morgan fingerprint density at radius 1 is 1.26 bits per heavy atom. The highest BCUT2D eigenvalue weighted by Crippen LogP contribution is 2.28. The lowest BCUT2D eigenvalue weighted by atomic mass is 10.1. The van der Waals surface area contributed by atoms with Gasteiger partial charge in [0, 0.05) is 28.4 Å². The summed E-state index contributed by atoms with van der Waals surface area (Å²) in [7, 11) is 0. The first kappa shape index (κ1) is 15.3. The molecule has 1 atom stereocenters. The second-order valence-corrected chi connectivity index (χ2v) is 5.32. The van der Waals surface area contributed by atoms with E-state index in [1.165, 1.54) is 12.1 Å². The number of hydrazone groups is 1. The van der Waals surface area contributed by atoms with Crippen LogP contribution in [-0.4, -0.2) is 22.5 Å². The van der Waals surface area contributed by atoms with E-state index < -0.39 is 11.0 Å². The lowest BCUT2D eigenvalue weighted by molar-refractivity contribution is -0.384. The predicted molar refractivity (Wildman–Crippen MR) is 87.4 cm³/mol. The number of nitrogens with zero attached hydrogens (tertiary/aromatic N) is 3. The molecule has 1 aliphatic heterocycles. The summed E-state index contributed by atoms with van der Waals surface area (Å²) in [4.78, 5) is 12.0. The minimum atomic E-state index is -1.01. The average Bonchev–Trinajstić information content (AvgIpc) is 3.04. The molecule has 0 bridgehead atoms. The van der Waals surface area contributed by atoms with Crippen LogP contribution in [0, 0.1) is 10.1 Å². The van der Waals surface area contributed by atoms with Crippen molar-refractivity contribution in [3.8, 4) is 0 Å². The number of non-ortho nitro benzene ring substituents is 1. The second-order valence-electron chi connectivity index (χ2n) is 4.91. The Kier molecular flexibility index (Phi) is 4.14. The average molecular weight is 333 g/mol. The van der Waals surface area contributed by atoms with Crippen molar-refractivity contribution < 1.29 is 10.0 Å². The molecule has 3 rings (SSSR count). The number of nitro benzene ring substituents is 1. The Bertz CT molecular complexity index is 764. The van der Waals surface area contributed by atoms with Crippen LogP contribution in [0.5, 0.6) is 0 Å². The van der Waals surface area contributed by atoms with Gasteiger partial charge in [0.1, 0.15) is 12.8 Å². The topological polar surface area (TPSA) is 91.0 Å². The van der Waals surface area contributed by atoms with E-state index in [1.54, 1.807) is 41.3 Å². The Hall–Kier alpha value is -2.64. The number of anilines is 1. The van der Waals surface area contributed by atoms with Crippen LogP contribution < -0.4 is 10.3 Å². The molecule has 8 heteroatoms. The first-order valence-corrected chi connectivity index (χ1v) is 7.20. The van der Waals surface area contributed by atoms with Crippen molar-refractivity contribution in [1.29, 1.82) is 0 Å². The molecule has 0 spiro atoms. The van der Waals surface area contributed by atoms with Crippen LogP contribution in [-0.2, 0) is 0 Å². The first-order valence-electron chi connectivity index (χ1n) is 6.83. The van der Waals surface area contributed by atoms with Gasteiger partial charge in [-0.1, -0.05) is 29.8 Å². The summed E-state index contributed by atoms with van der Waals surface area (Å²) in [6.07, 6.45) is -1.01. The minimum Gasteiger partial charge on any atom is -0.380 e. The molecule has 0 saturated carbocycles. The number of hydrogen-bond donors (Lipinski definition) is 2. The molecule has 2 aromatic carbocycles. The molecule has 2 aromatic rings. The van der Waals surface area contributed by atoms with Gasteiger partial charge in [0.25, 0.3) is 5.69 Å². The van der Waals surface area contributed by atoms with Crippen molar-refractivity contribution in [2.45, 2.75) is 6.10 Å². The molecule has 0 radical (unpaired) electrons. The molecule has 1 heterocycles. The Balaban J connectivity index is 1.88. The zero-order chi connectivity index (χ0) is 16.4. The maximum absolute atomic E-state index is 10.7. The summed E-state index contributed by atoms with van der Waals surface area (Å²) in [5.41, 5.74) is 4.04. The molecule has 2 N–H and O–H groups in total. The van der Waals surface area contributed by atoms with Gasteiger partial charge in [-0.3, -0.25) is 15.5 Å². The maximum Gasteiger partial charge on any atom is 0.269 e. The zero-order valence-corrected chi connectivity index (χ0v) is 12.6. The number of aliphatic hydroxyl groups excluding tert-OH is 1. The van der Waals surface area contributed by atoms with Crippen LogP contribution in [0.2, 0.25) is 5.02 Å². The van der Waals surface area contributed by atoms with Crippen molar-refractivity contribution in [2.24, 2.45) is 5.10 Å². The van der Waals surface area contributed by atoms with E-state index in [0.29, 0.717) is 28.8 Å². The predicted octanol–water partition coefficient (Wildman–Crippen LogP) is 2.66. The van der Waals surface area contributed by atoms with Gasteiger partial charge in [-0.25, -0.2) is 0 Å². The van der Waals surface area contributed by atoms with E-state index in [1.807, 2.05) is 0 Å². The Morgan fingerprint density at radius 3 is 2.61 bits per heavy atom. The molecular formula is C15H13ClN4O3. The molecule has 1 aliphatic rings. The second kappa shape index (κ2) is 6.23. The standard InChI is InChI=1S/C15H13ClN4O3/c16-13-4-2-1-3-12(13)14(21)15-18-17-9-19(15)10-5-7-11(8-6-10)20(22)23/h1-8,14,17,21H,9H2. The summed E-state index contributed by atoms with van der Waals surface area (Å²) in [5.74, 6) is 0.381. The highest BCUT2D eigenvalue weighted by molar-refractivity contribution is 6.31. The van der Waals surface area contributed by atoms with Gasteiger partial charge < -0.3 is 10.0 Å². The van der Waals surface area contributed by atoms with E-state index in [9.17, 15) is 15.2 Å². The molecule has 23 heavy (non-hydrogen) atoms. The van der Waals surface area contributed by atoms with Gasteiger partial charge in [-0.15, -0.1) is 0 Å². The summed E-state index contributed by atoms with van der Waals surface area (Å²) < 4.78 is 0. The van der Waals surface area contributed by atoms with Crippen LogP contribution in [0.4, 0.5) is 11.4 Å². The molecule has 7 nitrogen and oxygen atoms in total. The molecule has 1 unspecified atom stereocenters. The summed E-state index contributed by atoms with van der Waals surface area (Å²) >= 11 is 6.12. The Morgan fingerprint density at radius 2 is 1.96 bits per heavy atom. The quantitative estimate of drug-likeness (QED) is 0.663. The van der Waals surface area contributed by atoms with Crippen LogP contribution in [0.1, 0.15) is 11.7 Å². The highest BCUT2D eigenvalue weighted by Gasteiger charge is 2.28. The number of nitrogens with one attached hydrogen (secondary N) is 1. The van der Waals surface area contributed by atoms with Crippen LogP contribution >= 0.6 is 11.6 Å². The SMILES string of the molecule is O=[N+]([O-])c1ccc(N2CNN=C2C(O)c2ccccc2Cl)cc1. The van der Waals surface area contributed by atoms with E-state index in [2.05, 4.69) is 10.5 Å². The fourth-order valence-electron chi connectivity index (χ4n) is 2.35. The molecular weight excluding hydrogens is 320 g/mol. The first-order chi connectivity index (χ1) is 11.1. The number of benzene rings is 2. The van der Waals surface area contributed by atoms with E-state index in [4.69, 9.17) is 11.6 Å². The number of amidine groups is 1. The van der Waals surface area contributed by atoms with Crippen molar-refractivity contribution in [2.75, 3.05) is 11.6 Å². The third-order valence-electron chi connectivity index (χ3n) is 3.52. The van der Waals surface area contributed by atoms with Gasteiger partial charge in [0.15, 0.2) is 5.84 Å². The van der Waals surface area contributed by atoms with Gasteiger partial charge in [-0.05, 0) is 18.2 Å². The lowest BCUT2D eigenvalue weighted by Gasteiger charge is -2.23. The molecule has 0 saturated heterocycles. The van der Waals surface area contributed by atoms with E-state index >= 15 is 0 Å². The normalized spacial score (nSPS) is 15.0. The smallest absolute Gasteiger partial charge is 0.269 e. The van der Waals surface area contributed by atoms with Crippen LogP contribution in [0.25, 0.3) is 0 Å². The van der Waals surface area contributed by atoms with Crippen LogP contribution in [0.3, 0.4) is 0 Å². The summed E-state index contributed by atoms with van der Waals surface area (Å²) in [5, 5.41) is 25.9. The van der Waals surface area contributed by atoms with Crippen molar-refractivity contribution >= 4 is 28.8 Å². The van der Waals surface area contributed by atoms with E-state index in [-0.39, 0.29) is 5.69 Å². The number of rotatable bonds is 4. The van der Waals surface area contributed by atoms with Crippen molar-refractivity contribution in [1.82, 2.24) is 5.43 Å². The minimum absolute atomic E-state index is 0.00560. The molecule has 0 fully saturated rings. The third-order valence-corrected chi connectivity index (χ3v) is 3.86. The van der Waals surface area contributed by atoms with Crippen LogP contribution in [0.15, 0.2) is 53.6 Å². The van der Waals surface area contributed by atoms with Gasteiger partial charge >= 0.3 is 0 Å². The van der Waals surface area contributed by atoms with Gasteiger partial charge in [0.2, 0.25) is 0 Å². The van der Waals surface area contributed by atoms with Crippen molar-refractivity contribution in [3.63, 3.8) is 0 Å². The maximum atomic E-state index is 10.7. The molecule has 0 amide bonds. The number of hydrogen-bond acceptors (Lipinski definition) is 6. The van der Waals surface area contributed by atoms with E-state index in [0.717, 1.165) is 0 Å². The summed E-state index contributed by atoms with van der Waals surface area (Å²) in [6, 6.07) is 13.0. The van der Waals surface area contributed by atoms with Gasteiger partial charge in [-0.2, -0.15) is 5.10 Å². The Labute approximate surface area is 137 Å². The molecule has 0 aromatic heterocycles. The number of nitro groups is 1. The van der Waals surface area contributed by atoms with Gasteiger partial charge in [0.05, 0.1) is 4.92 Å². The third kappa shape index (κ3) is 2.96. The highest BCUT2D eigenvalue weighted by atomic mass is 35.5. The molecule has 118 valence electrons. The fraction of sp³-hybridized carbons (Fsp3) is 0.133. The largest absolute Gasteiger partial charge is 0.380 e. The number of halogens is 1. The fourth-order valence-corrected chi connectivity index (χ4v) is 2.59. The summed E-state index contributed by atoms with van der Waals surface area (Å²) in [6.45, 7) is 0.356. The van der Waals surface area contributed by atoms with Crippen molar-refractivity contribution in [3.05, 3.63) is 69.2 Å².